The topological polar surface area (TPSA) is 46.5 Å². The van der Waals surface area contributed by atoms with Gasteiger partial charge in [0.2, 0.25) is 0 Å². The molecule has 0 spiro atoms. The van der Waals surface area contributed by atoms with Gasteiger partial charge in [0.1, 0.15) is 0 Å². The van der Waals surface area contributed by atoms with E-state index < -0.39 is 11.6 Å². The van der Waals surface area contributed by atoms with Crippen LogP contribution in [0.25, 0.3) is 0 Å². The minimum absolute atomic E-state index is 0.320. The Hall–Kier alpha value is -0.280. The summed E-state index contributed by atoms with van der Waals surface area (Å²) in [4.78, 5) is 11.0. The number of carbonyl (C=O) groups is 1. The molecule has 76 valence electrons. The van der Waals surface area contributed by atoms with Crippen LogP contribution in [0.2, 0.25) is 0 Å². The number of hydrogen-bond donors (Lipinski definition) is 1. The normalized spacial score (nSPS) is 33.5. The smallest absolute Gasteiger partial charge is 0.335 e. The van der Waals surface area contributed by atoms with Crippen LogP contribution in [0.15, 0.2) is 0 Å². The molecule has 0 aromatic heterocycles. The maximum atomic E-state index is 11.0. The molecule has 3 nitrogen and oxygen atoms in total. The van der Waals surface area contributed by atoms with Gasteiger partial charge in [0.25, 0.3) is 0 Å². The van der Waals surface area contributed by atoms with Crippen molar-refractivity contribution in [3.63, 3.8) is 0 Å². The van der Waals surface area contributed by atoms with Gasteiger partial charge >= 0.3 is 5.97 Å². The molecule has 0 saturated heterocycles. The third kappa shape index (κ3) is 2.35. The maximum Gasteiger partial charge on any atom is 0.335 e. The molecule has 0 aliphatic heterocycles. The Kier molecular flexibility index (Phi) is 3.56. The van der Waals surface area contributed by atoms with Crippen LogP contribution < -0.4 is 0 Å². The Morgan fingerprint density at radius 2 is 2.46 bits per heavy atom. The van der Waals surface area contributed by atoms with Crippen LogP contribution in [-0.2, 0) is 9.53 Å². The Balaban J connectivity index is 2.60. The van der Waals surface area contributed by atoms with E-state index in [-0.39, 0.29) is 0 Å². The summed E-state index contributed by atoms with van der Waals surface area (Å²) in [5.74, 6) is -0.0583. The largest absolute Gasteiger partial charge is 0.479 e. The van der Waals surface area contributed by atoms with Gasteiger partial charge in [-0.3, -0.25) is 0 Å². The van der Waals surface area contributed by atoms with Crippen LogP contribution in [-0.4, -0.2) is 29.2 Å². The van der Waals surface area contributed by atoms with E-state index in [0.717, 1.165) is 6.42 Å². The van der Waals surface area contributed by atoms with E-state index in [0.29, 0.717) is 31.2 Å². The van der Waals surface area contributed by atoms with E-state index >= 15 is 0 Å². The van der Waals surface area contributed by atoms with Gasteiger partial charge in [-0.05, 0) is 25.2 Å². The lowest BCUT2D eigenvalue weighted by molar-refractivity contribution is -0.164. The zero-order valence-corrected chi connectivity index (χ0v) is 8.51. The van der Waals surface area contributed by atoms with Crippen molar-refractivity contribution in [2.24, 2.45) is 5.92 Å². The second-order valence-corrected chi connectivity index (χ2v) is 4.06. The monoisotopic (exact) mass is 206 g/mol. The molecule has 4 heteroatoms. The van der Waals surface area contributed by atoms with Crippen LogP contribution >= 0.6 is 11.6 Å². The second kappa shape index (κ2) is 4.29. The standard InChI is InChI=1S/C9H15ClO3/c1-7-2-3-9(6-7,8(11)12)13-5-4-10/h7H,2-6H2,1H3,(H,11,12). The lowest BCUT2D eigenvalue weighted by Gasteiger charge is -2.24. The summed E-state index contributed by atoms with van der Waals surface area (Å²) in [6.07, 6.45) is 2.15. The minimum Gasteiger partial charge on any atom is -0.479 e. The number of alkyl halides is 1. The fraction of sp³-hybridized carbons (Fsp3) is 0.889. The van der Waals surface area contributed by atoms with Gasteiger partial charge in [0, 0.05) is 5.88 Å². The van der Waals surface area contributed by atoms with E-state index in [9.17, 15) is 4.79 Å². The minimum atomic E-state index is -0.950. The maximum absolute atomic E-state index is 11.0. The van der Waals surface area contributed by atoms with Crippen molar-refractivity contribution < 1.29 is 14.6 Å². The van der Waals surface area contributed by atoms with E-state index in [1.807, 2.05) is 0 Å². The molecule has 1 aliphatic rings. The van der Waals surface area contributed by atoms with Crippen molar-refractivity contribution in [1.29, 1.82) is 0 Å². The van der Waals surface area contributed by atoms with Crippen molar-refractivity contribution >= 4 is 17.6 Å². The number of halogens is 1. The summed E-state index contributed by atoms with van der Waals surface area (Å²) in [6, 6.07) is 0. The van der Waals surface area contributed by atoms with Crippen LogP contribution in [0.1, 0.15) is 26.2 Å². The Labute approximate surface area is 83.0 Å². The van der Waals surface area contributed by atoms with Gasteiger partial charge in [-0.15, -0.1) is 11.6 Å². The fourth-order valence-electron chi connectivity index (χ4n) is 1.87. The van der Waals surface area contributed by atoms with Crippen molar-refractivity contribution in [3.8, 4) is 0 Å². The molecular formula is C9H15ClO3. The summed E-state index contributed by atoms with van der Waals surface area (Å²) in [7, 11) is 0. The molecule has 1 saturated carbocycles. The quantitative estimate of drug-likeness (QED) is 0.715. The molecule has 1 N–H and O–H groups in total. The van der Waals surface area contributed by atoms with Gasteiger partial charge in [-0.1, -0.05) is 6.92 Å². The summed E-state index contributed by atoms with van der Waals surface area (Å²) < 4.78 is 5.34. The second-order valence-electron chi connectivity index (χ2n) is 3.68. The number of rotatable bonds is 4. The third-order valence-electron chi connectivity index (χ3n) is 2.56. The Bertz CT molecular complexity index is 195. The zero-order chi connectivity index (χ0) is 9.90. The molecule has 13 heavy (non-hydrogen) atoms. The third-order valence-corrected chi connectivity index (χ3v) is 2.72. The van der Waals surface area contributed by atoms with E-state index in [2.05, 4.69) is 6.92 Å². The molecule has 1 fully saturated rings. The highest BCUT2D eigenvalue weighted by Crippen LogP contribution is 2.37. The molecule has 0 aromatic carbocycles. The molecule has 0 heterocycles. The molecule has 2 unspecified atom stereocenters. The predicted octanol–water partition coefficient (Wildman–Crippen LogP) is 1.89. The lowest BCUT2D eigenvalue weighted by atomic mass is 10.0. The number of ether oxygens (including phenoxy) is 1. The molecule has 0 radical (unpaired) electrons. The predicted molar refractivity (Wildman–Crippen MR) is 50.1 cm³/mol. The summed E-state index contributed by atoms with van der Waals surface area (Å²) in [5, 5.41) is 9.04. The molecular weight excluding hydrogens is 192 g/mol. The SMILES string of the molecule is CC1CCC(OCCCl)(C(=O)O)C1. The van der Waals surface area contributed by atoms with Crippen molar-refractivity contribution in [1.82, 2.24) is 0 Å². The van der Waals surface area contributed by atoms with Crippen molar-refractivity contribution in [2.75, 3.05) is 12.5 Å². The molecule has 0 aromatic rings. The van der Waals surface area contributed by atoms with Crippen LogP contribution in [0.5, 0.6) is 0 Å². The summed E-state index contributed by atoms with van der Waals surface area (Å²) in [6.45, 7) is 2.37. The molecule has 0 amide bonds. The molecule has 1 rings (SSSR count). The molecule has 2 atom stereocenters. The van der Waals surface area contributed by atoms with Crippen molar-refractivity contribution in [3.05, 3.63) is 0 Å². The first-order chi connectivity index (χ1) is 6.10. The zero-order valence-electron chi connectivity index (χ0n) is 7.75. The summed E-state index contributed by atoms with van der Waals surface area (Å²) >= 11 is 5.47. The van der Waals surface area contributed by atoms with Crippen LogP contribution in [0, 0.1) is 5.92 Å². The van der Waals surface area contributed by atoms with E-state index in [4.69, 9.17) is 21.4 Å². The van der Waals surface area contributed by atoms with Crippen LogP contribution in [0.3, 0.4) is 0 Å². The van der Waals surface area contributed by atoms with Gasteiger partial charge in [0.15, 0.2) is 5.60 Å². The molecule has 1 aliphatic carbocycles. The lowest BCUT2D eigenvalue weighted by Crippen LogP contribution is -2.39. The first-order valence-electron chi connectivity index (χ1n) is 4.54. The average Bonchev–Trinajstić information content (AvgIpc) is 2.45. The first kappa shape index (κ1) is 10.8. The number of carboxylic acid groups (broad SMARTS) is 1. The fourth-order valence-corrected chi connectivity index (χ4v) is 1.94. The van der Waals surface area contributed by atoms with Gasteiger partial charge < -0.3 is 9.84 Å². The first-order valence-corrected chi connectivity index (χ1v) is 5.07. The number of aliphatic carboxylic acids is 1. The van der Waals surface area contributed by atoms with E-state index in [1.54, 1.807) is 0 Å². The van der Waals surface area contributed by atoms with Gasteiger partial charge in [-0.25, -0.2) is 4.79 Å². The Morgan fingerprint density at radius 3 is 2.85 bits per heavy atom. The highest BCUT2D eigenvalue weighted by molar-refractivity contribution is 6.18. The Morgan fingerprint density at radius 1 is 1.77 bits per heavy atom. The summed E-state index contributed by atoms with van der Waals surface area (Å²) in [5.41, 5.74) is -0.950. The van der Waals surface area contributed by atoms with E-state index in [1.165, 1.54) is 0 Å². The highest BCUT2D eigenvalue weighted by atomic mass is 35.5. The van der Waals surface area contributed by atoms with Gasteiger partial charge in [0.05, 0.1) is 6.61 Å². The number of carboxylic acids is 1. The van der Waals surface area contributed by atoms with Crippen LogP contribution in [0.4, 0.5) is 0 Å². The van der Waals surface area contributed by atoms with Crippen molar-refractivity contribution in [2.45, 2.75) is 31.8 Å². The highest BCUT2D eigenvalue weighted by Gasteiger charge is 2.45. The molecule has 0 bridgehead atoms. The van der Waals surface area contributed by atoms with Gasteiger partial charge in [-0.2, -0.15) is 0 Å². The average molecular weight is 207 g/mol. The number of hydrogen-bond acceptors (Lipinski definition) is 2.